The molecule has 10 heteroatoms. The summed E-state index contributed by atoms with van der Waals surface area (Å²) in [5.74, 6) is 1.34. The third kappa shape index (κ3) is 5.24. The monoisotopic (exact) mass is 464 g/mol. The van der Waals surface area contributed by atoms with Gasteiger partial charge in [0, 0.05) is 37.0 Å². The number of hydrogen-bond donors (Lipinski definition) is 3. The van der Waals surface area contributed by atoms with Gasteiger partial charge in [0.1, 0.15) is 47.6 Å². The maximum atomic E-state index is 14.1. The highest BCUT2D eigenvalue weighted by molar-refractivity contribution is 7.11. The molecular weight excluding hydrogens is 443 g/mol. The molecule has 4 aromatic rings. The van der Waals surface area contributed by atoms with Gasteiger partial charge in [-0.2, -0.15) is 0 Å². The fourth-order valence-electron chi connectivity index (χ4n) is 3.11. The molecule has 0 aliphatic rings. The first-order valence-corrected chi connectivity index (χ1v) is 10.7. The lowest BCUT2D eigenvalue weighted by molar-refractivity contribution is 0.306. The molecular formula is C23H21FN6O2S. The number of nitrogen functional groups attached to an aromatic ring is 1. The summed E-state index contributed by atoms with van der Waals surface area (Å²) >= 11 is 1.53. The summed E-state index contributed by atoms with van der Waals surface area (Å²) < 4.78 is 25.6. The number of hydrogen-bond acceptors (Lipinski definition) is 9. The number of aromatic nitrogens is 3. The molecule has 0 atom stereocenters. The second-order valence-electron chi connectivity index (χ2n) is 6.99. The quantitative estimate of drug-likeness (QED) is 0.321. The molecule has 0 unspecified atom stereocenters. The first-order valence-electron chi connectivity index (χ1n) is 9.93. The Balaban J connectivity index is 1.48. The van der Waals surface area contributed by atoms with Gasteiger partial charge in [0.2, 0.25) is 0 Å². The van der Waals surface area contributed by atoms with Crippen LogP contribution < -0.4 is 20.5 Å². The van der Waals surface area contributed by atoms with E-state index in [9.17, 15) is 4.39 Å². The minimum Gasteiger partial charge on any atom is -0.488 e. The van der Waals surface area contributed by atoms with Gasteiger partial charge in [-0.25, -0.2) is 19.3 Å². The van der Waals surface area contributed by atoms with E-state index >= 15 is 0 Å². The topological polar surface area (TPSA) is 119 Å². The number of halogens is 1. The predicted octanol–water partition coefficient (Wildman–Crippen LogP) is 4.79. The molecule has 0 bridgehead atoms. The van der Waals surface area contributed by atoms with Gasteiger partial charge in [0.15, 0.2) is 0 Å². The van der Waals surface area contributed by atoms with Crippen LogP contribution in [-0.4, -0.2) is 27.7 Å². The molecule has 0 saturated heterocycles. The molecule has 168 valence electrons. The average Bonchev–Trinajstić information content (AvgIpc) is 3.22. The first-order chi connectivity index (χ1) is 15.9. The molecule has 4 rings (SSSR count). The van der Waals surface area contributed by atoms with E-state index in [1.54, 1.807) is 43.6 Å². The van der Waals surface area contributed by atoms with Crippen molar-refractivity contribution < 1.29 is 13.9 Å². The van der Waals surface area contributed by atoms with Gasteiger partial charge >= 0.3 is 0 Å². The molecule has 2 aromatic heterocycles. The van der Waals surface area contributed by atoms with Crippen molar-refractivity contribution >= 4 is 28.7 Å². The Bertz CT molecular complexity index is 1290. The third-order valence-corrected chi connectivity index (χ3v) is 5.52. The fraction of sp³-hybridized carbons (Fsp3) is 0.130. The Morgan fingerprint density at radius 2 is 1.85 bits per heavy atom. The standard InChI is InChI=1S/C23H21FN6O2S/c1-13-28-10-19(33-13)11-31-17-7-15(24)8-18(9-17)32-16-5-3-14(4-6-16)21(25)20-22(26)29-12-30-23(20)27-2/h3-10,12,25H,11H2,1-2H3,(H3,26,27,29,30). The van der Waals surface area contributed by atoms with E-state index in [2.05, 4.69) is 20.3 Å². The zero-order chi connectivity index (χ0) is 23.4. The van der Waals surface area contributed by atoms with Crippen molar-refractivity contribution in [2.24, 2.45) is 0 Å². The van der Waals surface area contributed by atoms with Crippen LogP contribution in [-0.2, 0) is 6.61 Å². The summed E-state index contributed by atoms with van der Waals surface area (Å²) in [5, 5.41) is 12.4. The molecule has 0 saturated carbocycles. The van der Waals surface area contributed by atoms with Gasteiger partial charge in [-0.3, -0.25) is 5.41 Å². The summed E-state index contributed by atoms with van der Waals surface area (Å²) in [7, 11) is 1.70. The number of nitrogens with one attached hydrogen (secondary N) is 2. The van der Waals surface area contributed by atoms with Crippen LogP contribution in [0, 0.1) is 18.2 Å². The van der Waals surface area contributed by atoms with Crippen LogP contribution in [0.2, 0.25) is 0 Å². The predicted molar refractivity (Wildman–Crippen MR) is 126 cm³/mol. The van der Waals surface area contributed by atoms with Gasteiger partial charge in [-0.15, -0.1) is 11.3 Å². The van der Waals surface area contributed by atoms with Gasteiger partial charge < -0.3 is 20.5 Å². The van der Waals surface area contributed by atoms with E-state index in [4.69, 9.17) is 20.6 Å². The van der Waals surface area contributed by atoms with Gasteiger partial charge in [-0.05, 0) is 31.2 Å². The minimum atomic E-state index is -0.472. The van der Waals surface area contributed by atoms with Crippen molar-refractivity contribution in [2.75, 3.05) is 18.1 Å². The molecule has 0 aliphatic heterocycles. The lowest BCUT2D eigenvalue weighted by atomic mass is 10.0. The van der Waals surface area contributed by atoms with Gasteiger partial charge in [0.25, 0.3) is 0 Å². The highest BCUT2D eigenvalue weighted by atomic mass is 32.1. The molecule has 8 nitrogen and oxygen atoms in total. The molecule has 0 spiro atoms. The molecule has 0 fully saturated rings. The van der Waals surface area contributed by atoms with E-state index in [0.29, 0.717) is 40.8 Å². The van der Waals surface area contributed by atoms with Gasteiger partial charge in [0.05, 0.1) is 21.2 Å². The molecule has 4 N–H and O–H groups in total. The maximum Gasteiger partial charge on any atom is 0.140 e. The zero-order valence-electron chi connectivity index (χ0n) is 17.9. The summed E-state index contributed by atoms with van der Waals surface area (Å²) in [5.41, 5.74) is 7.14. The number of nitrogens with two attached hydrogens (primary N) is 1. The third-order valence-electron chi connectivity index (χ3n) is 4.64. The van der Waals surface area contributed by atoms with Crippen molar-refractivity contribution in [2.45, 2.75) is 13.5 Å². The summed E-state index contributed by atoms with van der Waals surface area (Å²) in [4.78, 5) is 13.2. The van der Waals surface area contributed by atoms with Crippen LogP contribution in [0.1, 0.15) is 21.0 Å². The zero-order valence-corrected chi connectivity index (χ0v) is 18.7. The normalized spacial score (nSPS) is 10.6. The van der Waals surface area contributed by atoms with E-state index in [1.807, 2.05) is 6.92 Å². The van der Waals surface area contributed by atoms with Crippen molar-refractivity contribution in [3.8, 4) is 17.2 Å². The van der Waals surface area contributed by atoms with Crippen LogP contribution >= 0.6 is 11.3 Å². The molecule has 2 heterocycles. The smallest absolute Gasteiger partial charge is 0.140 e. The van der Waals surface area contributed by atoms with Crippen LogP contribution in [0.5, 0.6) is 17.2 Å². The molecule has 2 aromatic carbocycles. The summed E-state index contributed by atoms with van der Waals surface area (Å²) in [6.07, 6.45) is 3.08. The van der Waals surface area contributed by atoms with Crippen molar-refractivity contribution in [1.29, 1.82) is 5.41 Å². The number of anilines is 2. The average molecular weight is 465 g/mol. The highest BCUT2D eigenvalue weighted by Crippen LogP contribution is 2.29. The number of aryl methyl sites for hydroxylation is 1. The molecule has 0 radical (unpaired) electrons. The largest absolute Gasteiger partial charge is 0.488 e. The maximum absolute atomic E-state index is 14.1. The van der Waals surface area contributed by atoms with E-state index < -0.39 is 5.82 Å². The molecule has 0 amide bonds. The molecule has 33 heavy (non-hydrogen) atoms. The minimum absolute atomic E-state index is 0.170. The van der Waals surface area contributed by atoms with E-state index in [1.165, 1.54) is 29.8 Å². The first kappa shape index (κ1) is 22.2. The Morgan fingerprint density at radius 3 is 2.55 bits per heavy atom. The Morgan fingerprint density at radius 1 is 1.09 bits per heavy atom. The van der Waals surface area contributed by atoms with Crippen molar-refractivity contribution in [1.82, 2.24) is 15.0 Å². The Kier molecular flexibility index (Phi) is 6.45. The van der Waals surface area contributed by atoms with Crippen LogP contribution in [0.4, 0.5) is 16.0 Å². The second kappa shape index (κ2) is 9.61. The van der Waals surface area contributed by atoms with Gasteiger partial charge in [-0.1, -0.05) is 0 Å². The number of benzene rings is 2. The molecule has 0 aliphatic carbocycles. The highest BCUT2D eigenvalue weighted by Gasteiger charge is 2.15. The Labute approximate surface area is 193 Å². The van der Waals surface area contributed by atoms with Crippen molar-refractivity contribution in [3.05, 3.63) is 81.8 Å². The summed E-state index contributed by atoms with van der Waals surface area (Å²) in [6.45, 7) is 2.21. The second-order valence-corrected chi connectivity index (χ2v) is 8.31. The van der Waals surface area contributed by atoms with E-state index in [-0.39, 0.29) is 11.5 Å². The lowest BCUT2D eigenvalue weighted by Gasteiger charge is -2.12. The fourth-order valence-corrected chi connectivity index (χ4v) is 3.82. The van der Waals surface area contributed by atoms with Crippen LogP contribution in [0.3, 0.4) is 0 Å². The number of ether oxygens (including phenoxy) is 2. The lowest BCUT2D eigenvalue weighted by Crippen LogP contribution is -2.12. The number of nitrogens with zero attached hydrogens (tertiary/aromatic N) is 3. The number of rotatable bonds is 8. The Hall–Kier alpha value is -4.05. The van der Waals surface area contributed by atoms with Crippen LogP contribution in [0.25, 0.3) is 0 Å². The van der Waals surface area contributed by atoms with Crippen molar-refractivity contribution in [3.63, 3.8) is 0 Å². The van der Waals surface area contributed by atoms with Crippen LogP contribution in [0.15, 0.2) is 55.0 Å². The number of thiazole rings is 1. The van der Waals surface area contributed by atoms with E-state index in [0.717, 1.165) is 9.88 Å². The SMILES string of the molecule is CNc1ncnc(N)c1C(=N)c1ccc(Oc2cc(F)cc(OCc3cnc(C)s3)c2)cc1. The summed E-state index contributed by atoms with van der Waals surface area (Å²) in [6, 6.07) is 11.0.